The van der Waals surface area contributed by atoms with E-state index in [0.717, 1.165) is 32.1 Å². The van der Waals surface area contributed by atoms with Crippen LogP contribution in [0.4, 0.5) is 0 Å². The van der Waals surface area contributed by atoms with Gasteiger partial charge >= 0.3 is 0 Å². The minimum absolute atomic E-state index is 0.0510. The normalized spacial score (nSPS) is 48.6. The Morgan fingerprint density at radius 2 is 1.92 bits per heavy atom. The fourth-order valence-electron chi connectivity index (χ4n) is 7.58. The van der Waals surface area contributed by atoms with Gasteiger partial charge in [0, 0.05) is 18.3 Å². The molecule has 2 heteroatoms. The molecule has 4 aliphatic rings. The van der Waals surface area contributed by atoms with Crippen LogP contribution in [0.1, 0.15) is 72.1 Å². The van der Waals surface area contributed by atoms with Crippen molar-refractivity contribution in [2.45, 2.75) is 77.7 Å². The first-order chi connectivity index (χ1) is 11.8. The van der Waals surface area contributed by atoms with Crippen molar-refractivity contribution >= 4 is 5.78 Å². The quantitative estimate of drug-likeness (QED) is 0.592. The maximum Gasteiger partial charge on any atom is 0.289 e. The first-order valence-corrected chi connectivity index (χ1v) is 10.1. The van der Waals surface area contributed by atoms with E-state index in [4.69, 9.17) is 6.57 Å². The van der Waals surface area contributed by atoms with E-state index in [2.05, 4.69) is 31.3 Å². The van der Waals surface area contributed by atoms with Crippen LogP contribution in [0.25, 0.3) is 4.85 Å². The first-order valence-electron chi connectivity index (χ1n) is 10.1. The fraction of sp³-hybridized carbons (Fsp3) is 0.739. The summed E-state index contributed by atoms with van der Waals surface area (Å²) in [5.74, 6) is 1.64. The molecule has 6 unspecified atom stereocenters. The molecule has 0 saturated heterocycles. The Labute approximate surface area is 152 Å². The van der Waals surface area contributed by atoms with Crippen molar-refractivity contribution in [3.63, 3.8) is 0 Å². The smallest absolute Gasteiger partial charge is 0.289 e. The molecule has 0 N–H and O–H groups in total. The Hall–Kier alpha value is -1.36. The maximum atomic E-state index is 12.4. The second-order valence-corrected chi connectivity index (χ2v) is 9.71. The average Bonchev–Trinajstić information content (AvgIpc) is 2.89. The van der Waals surface area contributed by atoms with E-state index in [1.165, 1.54) is 24.8 Å². The van der Waals surface area contributed by atoms with Gasteiger partial charge in [0.2, 0.25) is 0 Å². The van der Waals surface area contributed by atoms with Gasteiger partial charge in [-0.25, -0.2) is 0 Å². The topological polar surface area (TPSA) is 21.4 Å². The molecular formula is C23H32NO+. The second kappa shape index (κ2) is 5.32. The molecule has 0 aromatic heterocycles. The molecule has 0 aromatic rings. The van der Waals surface area contributed by atoms with Crippen molar-refractivity contribution in [3.05, 3.63) is 28.6 Å². The third kappa shape index (κ3) is 1.99. The van der Waals surface area contributed by atoms with Gasteiger partial charge in [0.15, 0.2) is 0 Å². The molecule has 25 heavy (non-hydrogen) atoms. The molecule has 0 radical (unpaired) electrons. The van der Waals surface area contributed by atoms with E-state index in [-0.39, 0.29) is 22.3 Å². The fourth-order valence-corrected chi connectivity index (χ4v) is 7.58. The van der Waals surface area contributed by atoms with Crippen LogP contribution < -0.4 is 0 Å². The molecule has 0 heterocycles. The number of carbonyl (C=O) groups is 1. The van der Waals surface area contributed by atoms with E-state index in [1.54, 1.807) is 12.5 Å². The van der Waals surface area contributed by atoms with Crippen LogP contribution >= 0.6 is 0 Å². The first kappa shape index (κ1) is 17.1. The number of fused-ring (bicyclic) bond motifs is 5. The van der Waals surface area contributed by atoms with Gasteiger partial charge in [-0.1, -0.05) is 42.5 Å². The summed E-state index contributed by atoms with van der Waals surface area (Å²) in [5, 5.41) is 0. The zero-order chi connectivity index (χ0) is 18.0. The highest BCUT2D eigenvalue weighted by Crippen LogP contribution is 2.69. The molecule has 4 aliphatic carbocycles. The molecule has 0 aliphatic heterocycles. The Bertz CT molecular complexity index is 712. The molecule has 0 spiro atoms. The monoisotopic (exact) mass is 338 g/mol. The molecule has 134 valence electrons. The summed E-state index contributed by atoms with van der Waals surface area (Å²) >= 11 is 0. The summed E-state index contributed by atoms with van der Waals surface area (Å²) in [5.41, 5.74) is 2.93. The van der Waals surface area contributed by atoms with Crippen LogP contribution in [-0.4, -0.2) is 11.3 Å². The molecule has 0 bridgehead atoms. The van der Waals surface area contributed by atoms with Crippen molar-refractivity contribution in [2.75, 3.05) is 0 Å². The number of hydrogen-bond donors (Lipinski definition) is 0. The van der Waals surface area contributed by atoms with Crippen molar-refractivity contribution in [2.24, 2.45) is 28.6 Å². The van der Waals surface area contributed by atoms with Crippen LogP contribution in [-0.2, 0) is 4.79 Å². The highest BCUT2D eigenvalue weighted by Gasteiger charge is 2.74. The van der Waals surface area contributed by atoms with Crippen LogP contribution in [0.15, 0.2) is 23.8 Å². The van der Waals surface area contributed by atoms with E-state index in [1.807, 2.05) is 0 Å². The van der Waals surface area contributed by atoms with Gasteiger partial charge in [-0.05, 0) is 63.2 Å². The van der Waals surface area contributed by atoms with E-state index in [0.29, 0.717) is 17.6 Å². The molecule has 0 amide bonds. The van der Waals surface area contributed by atoms with Gasteiger partial charge in [0.05, 0.1) is 5.41 Å². The molecule has 3 saturated carbocycles. The summed E-state index contributed by atoms with van der Waals surface area (Å²) in [6, 6.07) is 0. The maximum absolute atomic E-state index is 12.4. The highest BCUT2D eigenvalue weighted by atomic mass is 16.1. The number of allylic oxidation sites excluding steroid dienone is 3. The summed E-state index contributed by atoms with van der Waals surface area (Å²) < 4.78 is 0. The van der Waals surface area contributed by atoms with Gasteiger partial charge in [-0.15, -0.1) is 0 Å². The van der Waals surface area contributed by atoms with Crippen LogP contribution in [0.2, 0.25) is 0 Å². The van der Waals surface area contributed by atoms with Crippen molar-refractivity contribution in [3.8, 4) is 6.57 Å². The van der Waals surface area contributed by atoms with Gasteiger partial charge in [0.1, 0.15) is 5.78 Å². The van der Waals surface area contributed by atoms with E-state index in [9.17, 15) is 4.79 Å². The van der Waals surface area contributed by atoms with Crippen LogP contribution in [0.5, 0.6) is 0 Å². The van der Waals surface area contributed by atoms with Crippen molar-refractivity contribution in [1.82, 2.24) is 0 Å². The molecule has 4 rings (SSSR count). The van der Waals surface area contributed by atoms with Crippen molar-refractivity contribution in [1.29, 1.82) is 0 Å². The number of ketones is 1. The number of Topliss-reactive ketones (excluding diaryl/α,β-unsaturated/α-hetero) is 1. The Kier molecular flexibility index (Phi) is 3.63. The van der Waals surface area contributed by atoms with Gasteiger partial charge in [0.25, 0.3) is 12.1 Å². The molecule has 3 fully saturated rings. The summed E-state index contributed by atoms with van der Waals surface area (Å²) in [7, 11) is 0. The van der Waals surface area contributed by atoms with Crippen LogP contribution in [0.3, 0.4) is 0 Å². The molecule has 2 nitrogen and oxygen atoms in total. The molecule has 6 atom stereocenters. The Balaban J connectivity index is 1.78. The number of carbonyl (C=O) groups excluding carboxylic acids is 1. The Morgan fingerprint density at radius 1 is 1.16 bits per heavy atom. The lowest BCUT2D eigenvalue weighted by atomic mass is 9.44. The SMILES string of the molecule is C#[N+]C12CCC(C(C)=O)C1(C)CCC1C2CCC2=CC(=C)CCC21C. The largest absolute Gasteiger partial charge is 0.300 e. The standard InChI is InChI=1S/C23H32NO/c1-15-8-11-21(3)17(14-15)6-7-20-19(21)9-12-22(4)18(16(2)25)10-13-23(20,22)24-5/h5,14,18-20H,1,6-13H2,2-4H3/q+1. The predicted octanol–water partition coefficient (Wildman–Crippen LogP) is 5.80. The van der Waals surface area contributed by atoms with E-state index >= 15 is 0 Å². The third-order valence-corrected chi connectivity index (χ3v) is 8.99. The van der Waals surface area contributed by atoms with Gasteiger partial charge in [-0.2, -0.15) is 0 Å². The lowest BCUT2D eigenvalue weighted by Crippen LogP contribution is -2.59. The van der Waals surface area contributed by atoms with Crippen molar-refractivity contribution < 1.29 is 4.79 Å². The summed E-state index contributed by atoms with van der Waals surface area (Å²) in [4.78, 5) is 17.0. The average molecular weight is 339 g/mol. The molecule has 0 aromatic carbocycles. The van der Waals surface area contributed by atoms with Crippen LogP contribution in [0, 0.1) is 35.2 Å². The zero-order valence-electron chi connectivity index (χ0n) is 16.1. The highest BCUT2D eigenvalue weighted by molar-refractivity contribution is 5.80. The zero-order valence-corrected chi connectivity index (χ0v) is 16.1. The summed E-state index contributed by atoms with van der Waals surface area (Å²) in [6.07, 6.45) is 11.3. The lowest BCUT2D eigenvalue weighted by Gasteiger charge is -2.57. The van der Waals surface area contributed by atoms with Gasteiger partial charge < -0.3 is 0 Å². The minimum atomic E-state index is -0.199. The number of rotatable bonds is 1. The summed E-state index contributed by atoms with van der Waals surface area (Å²) in [6.45, 7) is 16.9. The number of nitrogens with zero attached hydrogens (tertiary/aromatic N) is 1. The Morgan fingerprint density at radius 3 is 2.60 bits per heavy atom. The number of hydrogen-bond acceptors (Lipinski definition) is 1. The third-order valence-electron chi connectivity index (χ3n) is 8.99. The predicted molar refractivity (Wildman–Crippen MR) is 103 cm³/mol. The van der Waals surface area contributed by atoms with Gasteiger partial charge in [-0.3, -0.25) is 4.79 Å². The second-order valence-electron chi connectivity index (χ2n) is 9.71. The van der Waals surface area contributed by atoms with E-state index < -0.39 is 0 Å². The minimum Gasteiger partial charge on any atom is -0.300 e. The molecular weight excluding hydrogens is 306 g/mol. The lowest BCUT2D eigenvalue weighted by molar-refractivity contribution is -0.127.